The average molecular weight is 127 g/mol. The number of nitrogens with one attached hydrogen (secondary N) is 1. The van der Waals surface area contributed by atoms with E-state index in [1.807, 2.05) is 0 Å². The lowest BCUT2D eigenvalue weighted by atomic mass is 9.90. The van der Waals surface area contributed by atoms with Crippen LogP contribution in [0.15, 0.2) is 0 Å². The molecule has 1 N–H and O–H groups in total. The Bertz CT molecular complexity index is 122. The van der Waals surface area contributed by atoms with Crippen LogP contribution >= 0.6 is 0 Å². The largest absolute Gasteiger partial charge is 0.300 e. The summed E-state index contributed by atoms with van der Waals surface area (Å²) in [6.07, 6.45) is 1.09. The second-order valence-corrected chi connectivity index (χ2v) is 2.71. The van der Waals surface area contributed by atoms with Crippen LogP contribution in [0.4, 0.5) is 0 Å². The summed E-state index contributed by atoms with van der Waals surface area (Å²) >= 11 is 0. The van der Waals surface area contributed by atoms with Crippen molar-refractivity contribution in [3.05, 3.63) is 0 Å². The van der Waals surface area contributed by atoms with E-state index >= 15 is 0 Å². The molecule has 0 saturated carbocycles. The highest BCUT2D eigenvalue weighted by molar-refractivity contribution is 5.91. The van der Waals surface area contributed by atoms with Gasteiger partial charge < -0.3 is 5.32 Å². The Morgan fingerprint density at radius 2 is 2.56 bits per heavy atom. The van der Waals surface area contributed by atoms with Crippen molar-refractivity contribution in [1.82, 2.24) is 5.32 Å². The van der Waals surface area contributed by atoms with Crippen molar-refractivity contribution >= 4 is 5.78 Å². The third-order valence-corrected chi connectivity index (χ3v) is 2.06. The van der Waals surface area contributed by atoms with Gasteiger partial charge in [0.1, 0.15) is 0 Å². The molecule has 1 rings (SSSR count). The van der Waals surface area contributed by atoms with Crippen molar-refractivity contribution in [2.75, 3.05) is 6.54 Å². The summed E-state index contributed by atoms with van der Waals surface area (Å²) in [5.41, 5.74) is 0. The maximum atomic E-state index is 10.8. The maximum absolute atomic E-state index is 10.8. The summed E-state index contributed by atoms with van der Waals surface area (Å²) < 4.78 is 0. The van der Waals surface area contributed by atoms with E-state index in [-0.39, 0.29) is 6.04 Å². The summed E-state index contributed by atoms with van der Waals surface area (Å²) in [4.78, 5) is 10.8. The van der Waals surface area contributed by atoms with Gasteiger partial charge in [0.15, 0.2) is 5.78 Å². The molecule has 0 bridgehead atoms. The van der Waals surface area contributed by atoms with Crippen LogP contribution in [0.3, 0.4) is 0 Å². The lowest BCUT2D eigenvalue weighted by Gasteiger charge is -2.30. The monoisotopic (exact) mass is 127 g/mol. The highest BCUT2D eigenvalue weighted by atomic mass is 16.1. The standard InChI is InChI=1S/C7H13NO/c1-3-5(2)7-6(9)4-8-7/h5,7-8H,3-4H2,1-2H3. The zero-order valence-corrected chi connectivity index (χ0v) is 5.98. The first-order valence-electron chi connectivity index (χ1n) is 3.51. The molecule has 2 nitrogen and oxygen atoms in total. The summed E-state index contributed by atoms with van der Waals surface area (Å²) in [6, 6.07) is 0.176. The van der Waals surface area contributed by atoms with E-state index in [2.05, 4.69) is 19.2 Å². The first-order chi connectivity index (χ1) is 4.25. The number of Topliss-reactive ketones (excluding diaryl/α,β-unsaturated/α-hetero) is 1. The van der Waals surface area contributed by atoms with Crippen LogP contribution in [0, 0.1) is 5.92 Å². The first-order valence-corrected chi connectivity index (χ1v) is 3.51. The van der Waals surface area contributed by atoms with Gasteiger partial charge in [0, 0.05) is 0 Å². The average Bonchev–Trinajstić information content (AvgIpc) is 1.84. The van der Waals surface area contributed by atoms with Crippen LogP contribution in [0.5, 0.6) is 0 Å². The summed E-state index contributed by atoms with van der Waals surface area (Å²) in [7, 11) is 0. The van der Waals surface area contributed by atoms with Crippen molar-refractivity contribution in [3.8, 4) is 0 Å². The molecule has 1 fully saturated rings. The van der Waals surface area contributed by atoms with Crippen molar-refractivity contribution in [2.24, 2.45) is 5.92 Å². The molecule has 0 radical (unpaired) electrons. The number of hydrogen-bond donors (Lipinski definition) is 1. The minimum atomic E-state index is 0.176. The van der Waals surface area contributed by atoms with Crippen molar-refractivity contribution in [3.63, 3.8) is 0 Å². The molecule has 1 heterocycles. The van der Waals surface area contributed by atoms with Gasteiger partial charge in [-0.1, -0.05) is 20.3 Å². The number of carbonyl (C=O) groups excluding carboxylic acids is 1. The van der Waals surface area contributed by atoms with Gasteiger partial charge in [0.2, 0.25) is 0 Å². The Balaban J connectivity index is 2.34. The van der Waals surface area contributed by atoms with Gasteiger partial charge in [0.25, 0.3) is 0 Å². The van der Waals surface area contributed by atoms with E-state index < -0.39 is 0 Å². The van der Waals surface area contributed by atoms with E-state index in [1.165, 1.54) is 0 Å². The molecule has 2 atom stereocenters. The number of rotatable bonds is 2. The summed E-state index contributed by atoms with van der Waals surface area (Å²) in [6.45, 7) is 4.81. The second kappa shape index (κ2) is 2.48. The molecule has 0 spiro atoms. The van der Waals surface area contributed by atoms with Crippen LogP contribution in [0.2, 0.25) is 0 Å². The van der Waals surface area contributed by atoms with Crippen molar-refractivity contribution in [2.45, 2.75) is 26.3 Å². The molecule has 1 aliphatic heterocycles. The molecule has 0 aromatic carbocycles. The minimum Gasteiger partial charge on any atom is -0.300 e. The number of hydrogen-bond acceptors (Lipinski definition) is 2. The molecule has 2 heteroatoms. The van der Waals surface area contributed by atoms with Gasteiger partial charge in [-0.05, 0) is 5.92 Å². The van der Waals surface area contributed by atoms with Gasteiger partial charge in [-0.3, -0.25) is 4.79 Å². The highest BCUT2D eigenvalue weighted by Crippen LogP contribution is 2.12. The van der Waals surface area contributed by atoms with Gasteiger partial charge in [0.05, 0.1) is 12.6 Å². The third kappa shape index (κ3) is 1.13. The van der Waals surface area contributed by atoms with Crippen LogP contribution in [0.25, 0.3) is 0 Å². The van der Waals surface area contributed by atoms with Crippen LogP contribution in [-0.2, 0) is 4.79 Å². The third-order valence-electron chi connectivity index (χ3n) is 2.06. The first kappa shape index (κ1) is 6.75. The lowest BCUT2D eigenvalue weighted by Crippen LogP contribution is -2.56. The normalized spacial score (nSPS) is 29.6. The molecule has 0 aliphatic carbocycles. The molecule has 52 valence electrons. The van der Waals surface area contributed by atoms with Crippen LogP contribution in [-0.4, -0.2) is 18.4 Å². The van der Waals surface area contributed by atoms with E-state index in [4.69, 9.17) is 0 Å². The fourth-order valence-electron chi connectivity index (χ4n) is 1.06. The minimum absolute atomic E-state index is 0.176. The quantitative estimate of drug-likeness (QED) is 0.587. The van der Waals surface area contributed by atoms with Gasteiger partial charge in [-0.15, -0.1) is 0 Å². The Labute approximate surface area is 55.6 Å². The Kier molecular flexibility index (Phi) is 1.86. The summed E-state index contributed by atoms with van der Waals surface area (Å²) in [5.74, 6) is 0.899. The van der Waals surface area contributed by atoms with Crippen molar-refractivity contribution in [1.29, 1.82) is 0 Å². The molecule has 9 heavy (non-hydrogen) atoms. The van der Waals surface area contributed by atoms with Crippen molar-refractivity contribution < 1.29 is 4.79 Å². The molecule has 0 amide bonds. The zero-order valence-electron chi connectivity index (χ0n) is 5.98. The second-order valence-electron chi connectivity index (χ2n) is 2.71. The maximum Gasteiger partial charge on any atom is 0.163 e. The smallest absolute Gasteiger partial charge is 0.163 e. The molecule has 1 saturated heterocycles. The molecular weight excluding hydrogens is 114 g/mol. The van der Waals surface area contributed by atoms with E-state index in [0.717, 1.165) is 6.42 Å². The Morgan fingerprint density at radius 1 is 1.89 bits per heavy atom. The van der Waals surface area contributed by atoms with Gasteiger partial charge >= 0.3 is 0 Å². The zero-order chi connectivity index (χ0) is 6.85. The van der Waals surface area contributed by atoms with Gasteiger partial charge in [-0.25, -0.2) is 0 Å². The Morgan fingerprint density at radius 3 is 2.67 bits per heavy atom. The molecule has 0 aromatic rings. The lowest BCUT2D eigenvalue weighted by molar-refractivity contribution is -0.127. The highest BCUT2D eigenvalue weighted by Gasteiger charge is 2.30. The van der Waals surface area contributed by atoms with E-state index in [0.29, 0.717) is 18.2 Å². The topological polar surface area (TPSA) is 29.1 Å². The SMILES string of the molecule is CCC(C)C1NCC1=O. The van der Waals surface area contributed by atoms with E-state index in [1.54, 1.807) is 0 Å². The Hall–Kier alpha value is -0.370. The number of carbonyl (C=O) groups is 1. The van der Waals surface area contributed by atoms with Crippen LogP contribution in [0.1, 0.15) is 20.3 Å². The molecular formula is C7H13NO. The fraction of sp³-hybridized carbons (Fsp3) is 0.857. The van der Waals surface area contributed by atoms with E-state index in [9.17, 15) is 4.79 Å². The number of ketones is 1. The predicted molar refractivity (Wildman–Crippen MR) is 36.3 cm³/mol. The molecule has 2 unspecified atom stereocenters. The molecule has 1 aliphatic rings. The summed E-state index contributed by atoms with van der Waals surface area (Å²) in [5, 5.41) is 3.10. The fourth-order valence-corrected chi connectivity index (χ4v) is 1.06. The van der Waals surface area contributed by atoms with Crippen LogP contribution < -0.4 is 5.32 Å². The predicted octanol–water partition coefficient (Wildman–Crippen LogP) is 0.573. The van der Waals surface area contributed by atoms with Gasteiger partial charge in [-0.2, -0.15) is 0 Å². The molecule has 0 aromatic heterocycles.